The minimum absolute atomic E-state index is 0.0370. The van der Waals surface area contributed by atoms with Crippen LogP contribution in [0.2, 0.25) is 0 Å². The van der Waals surface area contributed by atoms with Crippen LogP contribution in [0.5, 0.6) is 0 Å². The maximum Gasteiger partial charge on any atom is 0.326 e. The zero-order valence-electron chi connectivity index (χ0n) is 17.3. The highest BCUT2D eigenvalue weighted by molar-refractivity contribution is 7.91. The summed E-state index contributed by atoms with van der Waals surface area (Å²) in [4.78, 5) is 50.9. The molecule has 2 aliphatic rings. The van der Waals surface area contributed by atoms with Gasteiger partial charge in [-0.1, -0.05) is 26.2 Å². The number of carbonyl (C=O) groups excluding carboxylic acids is 3. The largest absolute Gasteiger partial charge is 0.480 e. The molecule has 31 heavy (non-hydrogen) atoms. The zero-order valence-corrected chi connectivity index (χ0v) is 18.1. The van der Waals surface area contributed by atoms with Crippen LogP contribution < -0.4 is 5.32 Å². The molecule has 2 N–H and O–H groups in total. The van der Waals surface area contributed by atoms with E-state index in [0.29, 0.717) is 0 Å². The van der Waals surface area contributed by atoms with E-state index < -0.39 is 33.7 Å². The van der Waals surface area contributed by atoms with Gasteiger partial charge in [0.25, 0.3) is 17.7 Å². The number of imide groups is 1. The van der Waals surface area contributed by atoms with Gasteiger partial charge in [0.2, 0.25) is 0 Å². The van der Waals surface area contributed by atoms with Crippen LogP contribution in [0.4, 0.5) is 0 Å². The van der Waals surface area contributed by atoms with Crippen molar-refractivity contribution in [3.05, 3.63) is 34.9 Å². The van der Waals surface area contributed by atoms with Crippen molar-refractivity contribution >= 4 is 33.5 Å². The number of amides is 3. The number of hydrogen-bond donors (Lipinski definition) is 2. The number of nitrogens with zero attached hydrogens (tertiary/aromatic N) is 1. The SMILES string of the molecule is CCS(=O)(=O)CCC(NC(=O)c1ccc2c(c1)C(=O)N(C1CCCCC1)C2=O)C(=O)O. The first-order valence-electron chi connectivity index (χ1n) is 10.4. The van der Waals surface area contributed by atoms with Gasteiger partial charge in [-0.15, -0.1) is 0 Å². The molecule has 168 valence electrons. The van der Waals surface area contributed by atoms with E-state index in [1.165, 1.54) is 30.0 Å². The molecule has 1 atom stereocenters. The molecule has 3 rings (SSSR count). The van der Waals surface area contributed by atoms with Gasteiger partial charge in [0, 0.05) is 17.4 Å². The van der Waals surface area contributed by atoms with Gasteiger partial charge in [0.1, 0.15) is 15.9 Å². The summed E-state index contributed by atoms with van der Waals surface area (Å²) in [7, 11) is -3.39. The number of hydrogen-bond acceptors (Lipinski definition) is 6. The van der Waals surface area contributed by atoms with Crippen molar-refractivity contribution in [1.29, 1.82) is 0 Å². The molecule has 0 bridgehead atoms. The second-order valence-corrected chi connectivity index (χ2v) is 10.4. The summed E-state index contributed by atoms with van der Waals surface area (Å²) in [6.07, 6.45) is 4.25. The Hall–Kier alpha value is -2.75. The van der Waals surface area contributed by atoms with Gasteiger partial charge >= 0.3 is 5.97 Å². The summed E-state index contributed by atoms with van der Waals surface area (Å²) < 4.78 is 23.3. The maximum atomic E-state index is 12.9. The van der Waals surface area contributed by atoms with Crippen molar-refractivity contribution in [1.82, 2.24) is 10.2 Å². The van der Waals surface area contributed by atoms with Crippen LogP contribution in [0.15, 0.2) is 18.2 Å². The van der Waals surface area contributed by atoms with Crippen molar-refractivity contribution in [3.8, 4) is 0 Å². The van der Waals surface area contributed by atoms with Crippen LogP contribution in [-0.4, -0.2) is 65.7 Å². The molecule has 1 unspecified atom stereocenters. The average Bonchev–Trinajstić information content (AvgIpc) is 3.01. The summed E-state index contributed by atoms with van der Waals surface area (Å²) in [5.41, 5.74) is 0.398. The van der Waals surface area contributed by atoms with E-state index in [4.69, 9.17) is 0 Å². The summed E-state index contributed by atoms with van der Waals surface area (Å²) >= 11 is 0. The van der Waals surface area contributed by atoms with Gasteiger partial charge in [0.15, 0.2) is 0 Å². The van der Waals surface area contributed by atoms with Crippen LogP contribution in [0.1, 0.15) is 76.5 Å². The van der Waals surface area contributed by atoms with Crippen molar-refractivity contribution in [3.63, 3.8) is 0 Å². The summed E-state index contributed by atoms with van der Waals surface area (Å²) in [6, 6.07) is 2.54. The fraction of sp³-hybridized carbons (Fsp3) is 0.524. The fourth-order valence-corrected chi connectivity index (χ4v) is 4.90. The van der Waals surface area contributed by atoms with Gasteiger partial charge in [-0.05, 0) is 37.5 Å². The Kier molecular flexibility index (Phi) is 6.78. The van der Waals surface area contributed by atoms with Crippen LogP contribution in [-0.2, 0) is 14.6 Å². The Morgan fingerprint density at radius 2 is 1.77 bits per heavy atom. The number of rotatable bonds is 8. The predicted molar refractivity (Wildman–Crippen MR) is 112 cm³/mol. The number of aliphatic carboxylic acids is 1. The number of benzene rings is 1. The molecule has 1 saturated carbocycles. The normalized spacial score (nSPS) is 18.0. The van der Waals surface area contributed by atoms with Crippen molar-refractivity contribution in [2.75, 3.05) is 11.5 Å². The van der Waals surface area contributed by atoms with E-state index >= 15 is 0 Å². The topological polar surface area (TPSA) is 138 Å². The molecular formula is C21H26N2O7S. The lowest BCUT2D eigenvalue weighted by molar-refractivity contribution is -0.139. The Morgan fingerprint density at radius 3 is 2.39 bits per heavy atom. The fourth-order valence-electron chi connectivity index (χ4n) is 4.01. The van der Waals surface area contributed by atoms with E-state index in [9.17, 15) is 32.7 Å². The minimum atomic E-state index is -3.39. The van der Waals surface area contributed by atoms with E-state index in [1.807, 2.05) is 0 Å². The maximum absolute atomic E-state index is 12.9. The third kappa shape index (κ3) is 4.95. The van der Waals surface area contributed by atoms with Crippen LogP contribution in [0, 0.1) is 0 Å². The number of carbonyl (C=O) groups is 4. The Morgan fingerprint density at radius 1 is 1.13 bits per heavy atom. The van der Waals surface area contributed by atoms with Gasteiger partial charge in [-0.2, -0.15) is 0 Å². The smallest absolute Gasteiger partial charge is 0.326 e. The summed E-state index contributed by atoms with van der Waals surface area (Å²) in [5.74, 6) is -3.39. The molecule has 0 aromatic heterocycles. The number of carboxylic acid groups (broad SMARTS) is 1. The molecule has 0 spiro atoms. The first-order chi connectivity index (χ1) is 14.6. The second-order valence-electron chi connectivity index (χ2n) is 7.92. The molecule has 1 fully saturated rings. The highest BCUT2D eigenvalue weighted by atomic mass is 32.2. The Balaban J connectivity index is 1.75. The Bertz CT molecular complexity index is 1010. The molecule has 10 heteroatoms. The van der Waals surface area contributed by atoms with Gasteiger partial charge in [0.05, 0.1) is 16.9 Å². The average molecular weight is 451 g/mol. The number of carboxylic acids is 1. The quantitative estimate of drug-likeness (QED) is 0.574. The van der Waals surface area contributed by atoms with Crippen LogP contribution in [0.3, 0.4) is 0 Å². The van der Waals surface area contributed by atoms with E-state index in [2.05, 4.69) is 5.32 Å². The highest BCUT2D eigenvalue weighted by Gasteiger charge is 2.40. The number of sulfone groups is 1. The third-order valence-corrected chi connectivity index (χ3v) is 7.62. The molecular weight excluding hydrogens is 424 g/mol. The molecule has 1 aromatic carbocycles. The summed E-state index contributed by atoms with van der Waals surface area (Å²) in [5, 5.41) is 11.6. The molecule has 0 saturated heterocycles. The Labute approximate surface area is 180 Å². The lowest BCUT2D eigenvalue weighted by Crippen LogP contribution is -2.42. The minimum Gasteiger partial charge on any atom is -0.480 e. The van der Waals surface area contributed by atoms with Crippen molar-refractivity contribution in [2.24, 2.45) is 0 Å². The first-order valence-corrected chi connectivity index (χ1v) is 12.2. The molecule has 0 radical (unpaired) electrons. The third-order valence-electron chi connectivity index (χ3n) is 5.88. The van der Waals surface area contributed by atoms with Crippen molar-refractivity contribution < 1.29 is 32.7 Å². The standard InChI is InChI=1S/C21H26N2O7S/c1-2-31(29,30)11-10-17(21(27)28)22-18(24)13-8-9-15-16(12-13)20(26)23(19(15)25)14-6-4-3-5-7-14/h8-9,12,14,17H,2-7,10-11H2,1H3,(H,22,24)(H,27,28). The lowest BCUT2D eigenvalue weighted by Gasteiger charge is -2.29. The van der Waals surface area contributed by atoms with Crippen LogP contribution >= 0.6 is 0 Å². The van der Waals surface area contributed by atoms with Crippen molar-refractivity contribution in [2.45, 2.75) is 57.5 Å². The zero-order chi connectivity index (χ0) is 22.8. The number of nitrogens with one attached hydrogen (secondary N) is 1. The van der Waals surface area contributed by atoms with E-state index in [0.717, 1.165) is 32.1 Å². The van der Waals surface area contributed by atoms with Gasteiger partial charge in [-0.25, -0.2) is 13.2 Å². The van der Waals surface area contributed by atoms with E-state index in [-0.39, 0.29) is 46.6 Å². The number of fused-ring (bicyclic) bond motifs is 1. The first kappa shape index (κ1) is 22.9. The van der Waals surface area contributed by atoms with Gasteiger partial charge in [-0.3, -0.25) is 19.3 Å². The van der Waals surface area contributed by atoms with E-state index in [1.54, 1.807) is 0 Å². The monoisotopic (exact) mass is 450 g/mol. The van der Waals surface area contributed by atoms with Gasteiger partial charge < -0.3 is 10.4 Å². The molecule has 9 nitrogen and oxygen atoms in total. The van der Waals surface area contributed by atoms with Crippen LogP contribution in [0.25, 0.3) is 0 Å². The predicted octanol–water partition coefficient (Wildman–Crippen LogP) is 1.62. The molecule has 1 aliphatic carbocycles. The molecule has 1 aliphatic heterocycles. The molecule has 1 heterocycles. The lowest BCUT2D eigenvalue weighted by atomic mass is 9.94. The second kappa shape index (κ2) is 9.17. The highest BCUT2D eigenvalue weighted by Crippen LogP contribution is 2.31. The summed E-state index contributed by atoms with van der Waals surface area (Å²) in [6.45, 7) is 1.46. The molecule has 1 aromatic rings. The molecule has 3 amide bonds.